The second kappa shape index (κ2) is 1.53. The Morgan fingerprint density at radius 3 is 2.33 bits per heavy atom. The summed E-state index contributed by atoms with van der Waals surface area (Å²) >= 11 is 3.38. The highest BCUT2D eigenvalue weighted by molar-refractivity contribution is 9.09. The lowest BCUT2D eigenvalue weighted by atomic mass is 10.4. The third-order valence-corrected chi connectivity index (χ3v) is 2.10. The first-order valence-electron chi connectivity index (χ1n) is 2.23. The molecule has 1 heteroatoms. The summed E-state index contributed by atoms with van der Waals surface area (Å²) in [4.78, 5) is 0. The number of halogens is 1. The summed E-state index contributed by atoms with van der Waals surface area (Å²) in [5, 5.41) is 1.15. The van der Waals surface area contributed by atoms with Gasteiger partial charge in [-0.15, -0.1) is 0 Å². The molecule has 0 bridgehead atoms. The monoisotopic (exact) mass is 147 g/mol. The number of hydrogen-bond acceptors (Lipinski definition) is 0. The standard InChI is InChI=1S/C5H8Br/c1-4-2-5(4)3-6/h4-5H,1-3H2. The molecule has 6 heavy (non-hydrogen) atoms. The molecule has 1 saturated carbocycles. The van der Waals surface area contributed by atoms with E-state index in [-0.39, 0.29) is 0 Å². The van der Waals surface area contributed by atoms with E-state index in [4.69, 9.17) is 0 Å². The first kappa shape index (κ1) is 4.63. The highest BCUT2D eigenvalue weighted by atomic mass is 79.9. The van der Waals surface area contributed by atoms with Gasteiger partial charge < -0.3 is 0 Å². The van der Waals surface area contributed by atoms with Crippen molar-refractivity contribution in [2.24, 2.45) is 11.8 Å². The van der Waals surface area contributed by atoms with Crippen LogP contribution in [0.4, 0.5) is 0 Å². The van der Waals surface area contributed by atoms with Gasteiger partial charge in [0.25, 0.3) is 0 Å². The van der Waals surface area contributed by atoms with Crippen molar-refractivity contribution in [3.05, 3.63) is 6.92 Å². The second-order valence-corrected chi connectivity index (χ2v) is 2.56. The summed E-state index contributed by atoms with van der Waals surface area (Å²) in [6.45, 7) is 3.87. The second-order valence-electron chi connectivity index (χ2n) is 1.91. The average molecular weight is 148 g/mol. The lowest BCUT2D eigenvalue weighted by Crippen LogP contribution is -1.74. The van der Waals surface area contributed by atoms with Gasteiger partial charge in [-0.25, -0.2) is 0 Å². The Morgan fingerprint density at radius 2 is 2.33 bits per heavy atom. The average Bonchev–Trinajstić information content (AvgIpc) is 2.19. The minimum atomic E-state index is 0.768. The molecule has 0 heterocycles. The third-order valence-electron chi connectivity index (χ3n) is 1.27. The number of rotatable bonds is 1. The van der Waals surface area contributed by atoms with E-state index < -0.39 is 0 Å². The smallest absolute Gasteiger partial charge is 0.00624 e. The summed E-state index contributed by atoms with van der Waals surface area (Å²) in [5.74, 6) is 1.68. The van der Waals surface area contributed by atoms with Gasteiger partial charge in [0.15, 0.2) is 0 Å². The molecular formula is C5H8Br. The SMILES string of the molecule is [CH2]C1CC1CBr. The summed E-state index contributed by atoms with van der Waals surface area (Å²) in [6.07, 6.45) is 1.34. The van der Waals surface area contributed by atoms with Crippen LogP contribution in [0.15, 0.2) is 0 Å². The van der Waals surface area contributed by atoms with Crippen LogP contribution in [0.3, 0.4) is 0 Å². The molecule has 0 N–H and O–H groups in total. The molecule has 2 unspecified atom stereocenters. The Balaban J connectivity index is 2.09. The molecule has 35 valence electrons. The molecule has 0 aliphatic heterocycles. The fourth-order valence-corrected chi connectivity index (χ4v) is 1.29. The normalized spacial score (nSPS) is 43.0. The van der Waals surface area contributed by atoms with Crippen LogP contribution in [0, 0.1) is 18.8 Å². The van der Waals surface area contributed by atoms with Crippen LogP contribution in [0.2, 0.25) is 0 Å². The van der Waals surface area contributed by atoms with Crippen molar-refractivity contribution < 1.29 is 0 Å². The molecule has 1 aliphatic rings. The molecule has 2 atom stereocenters. The Bertz CT molecular complexity index is 49.9. The van der Waals surface area contributed by atoms with E-state index in [9.17, 15) is 0 Å². The first-order valence-corrected chi connectivity index (χ1v) is 3.36. The summed E-state index contributed by atoms with van der Waals surface area (Å²) < 4.78 is 0. The maximum Gasteiger partial charge on any atom is 0.00624 e. The summed E-state index contributed by atoms with van der Waals surface area (Å²) in [6, 6.07) is 0. The van der Waals surface area contributed by atoms with E-state index in [0.29, 0.717) is 0 Å². The van der Waals surface area contributed by atoms with E-state index in [2.05, 4.69) is 22.9 Å². The molecule has 1 fully saturated rings. The van der Waals surface area contributed by atoms with E-state index in [0.717, 1.165) is 17.2 Å². The molecule has 0 amide bonds. The van der Waals surface area contributed by atoms with Gasteiger partial charge in [0, 0.05) is 5.33 Å². The predicted octanol–water partition coefficient (Wildman–Crippen LogP) is 1.85. The van der Waals surface area contributed by atoms with Crippen LogP contribution in [-0.2, 0) is 0 Å². The van der Waals surface area contributed by atoms with E-state index in [1.807, 2.05) is 0 Å². The zero-order valence-electron chi connectivity index (χ0n) is 3.65. The van der Waals surface area contributed by atoms with Gasteiger partial charge in [0.05, 0.1) is 0 Å². The Hall–Kier alpha value is 0.480. The predicted molar refractivity (Wildman–Crippen MR) is 30.7 cm³/mol. The fraction of sp³-hybridized carbons (Fsp3) is 0.800. The Kier molecular flexibility index (Phi) is 1.18. The van der Waals surface area contributed by atoms with Crippen molar-refractivity contribution in [3.63, 3.8) is 0 Å². The minimum absolute atomic E-state index is 0.768. The highest BCUT2D eigenvalue weighted by Gasteiger charge is 2.30. The lowest BCUT2D eigenvalue weighted by Gasteiger charge is -1.77. The van der Waals surface area contributed by atoms with Crippen LogP contribution in [0.1, 0.15) is 6.42 Å². The van der Waals surface area contributed by atoms with Gasteiger partial charge in [-0.1, -0.05) is 15.9 Å². The van der Waals surface area contributed by atoms with E-state index in [1.54, 1.807) is 0 Å². The highest BCUT2D eigenvalue weighted by Crippen LogP contribution is 2.38. The number of alkyl halides is 1. The largest absolute Gasteiger partial charge is 0.0925 e. The Morgan fingerprint density at radius 1 is 1.83 bits per heavy atom. The van der Waals surface area contributed by atoms with Gasteiger partial charge in [0.1, 0.15) is 0 Å². The topological polar surface area (TPSA) is 0 Å². The van der Waals surface area contributed by atoms with E-state index in [1.165, 1.54) is 6.42 Å². The molecule has 0 nitrogen and oxygen atoms in total. The van der Waals surface area contributed by atoms with Crippen LogP contribution >= 0.6 is 15.9 Å². The third kappa shape index (κ3) is 0.754. The van der Waals surface area contributed by atoms with Crippen molar-refractivity contribution in [2.45, 2.75) is 6.42 Å². The molecule has 1 aliphatic carbocycles. The van der Waals surface area contributed by atoms with Crippen molar-refractivity contribution in [2.75, 3.05) is 5.33 Å². The van der Waals surface area contributed by atoms with E-state index >= 15 is 0 Å². The fourth-order valence-electron chi connectivity index (χ4n) is 0.499. The van der Waals surface area contributed by atoms with Crippen molar-refractivity contribution >= 4 is 15.9 Å². The molecule has 0 spiro atoms. The molecule has 0 aromatic heterocycles. The van der Waals surface area contributed by atoms with Crippen molar-refractivity contribution in [1.29, 1.82) is 0 Å². The lowest BCUT2D eigenvalue weighted by molar-refractivity contribution is 0.918. The van der Waals surface area contributed by atoms with Gasteiger partial charge in [-0.2, -0.15) is 0 Å². The van der Waals surface area contributed by atoms with Crippen LogP contribution in [-0.4, -0.2) is 5.33 Å². The minimum Gasteiger partial charge on any atom is -0.0925 e. The number of hydrogen-bond donors (Lipinski definition) is 0. The van der Waals surface area contributed by atoms with Crippen molar-refractivity contribution in [1.82, 2.24) is 0 Å². The first-order chi connectivity index (χ1) is 2.84. The van der Waals surface area contributed by atoms with Gasteiger partial charge in [-0.05, 0) is 25.2 Å². The molecule has 0 aromatic carbocycles. The molecule has 0 saturated heterocycles. The molecule has 0 aromatic rings. The van der Waals surface area contributed by atoms with Gasteiger partial charge in [0.2, 0.25) is 0 Å². The van der Waals surface area contributed by atoms with Crippen molar-refractivity contribution in [3.8, 4) is 0 Å². The summed E-state index contributed by atoms with van der Waals surface area (Å²) in [5.41, 5.74) is 0. The zero-order chi connectivity index (χ0) is 4.57. The summed E-state index contributed by atoms with van der Waals surface area (Å²) in [7, 11) is 0. The molecular weight excluding hydrogens is 140 g/mol. The van der Waals surface area contributed by atoms with Crippen LogP contribution < -0.4 is 0 Å². The maximum absolute atomic E-state index is 3.87. The quantitative estimate of drug-likeness (QED) is 0.498. The Labute approximate surface area is 47.1 Å². The van der Waals surface area contributed by atoms with Gasteiger partial charge in [-0.3, -0.25) is 0 Å². The van der Waals surface area contributed by atoms with Gasteiger partial charge >= 0.3 is 0 Å². The zero-order valence-corrected chi connectivity index (χ0v) is 5.24. The van der Waals surface area contributed by atoms with Crippen LogP contribution in [0.25, 0.3) is 0 Å². The molecule has 1 rings (SSSR count). The van der Waals surface area contributed by atoms with Crippen LogP contribution in [0.5, 0.6) is 0 Å². The molecule has 1 radical (unpaired) electrons. The maximum atomic E-state index is 3.87.